The Hall–Kier alpha value is -4.27. The van der Waals surface area contributed by atoms with Crippen LogP contribution in [0.2, 0.25) is 0 Å². The number of aromatic nitrogens is 2. The fourth-order valence-corrected chi connectivity index (χ4v) is 3.45. The number of ether oxygens (including phenoxy) is 3. The molecule has 0 saturated carbocycles. The molecule has 0 aliphatic rings. The molecule has 4 aromatic rings. The number of imidazole rings is 1. The lowest BCUT2D eigenvalue weighted by molar-refractivity contribution is -0.274. The third kappa shape index (κ3) is 6.20. The molecule has 0 amide bonds. The first kappa shape index (κ1) is 23.9. The van der Waals surface area contributed by atoms with Gasteiger partial charge in [0.05, 0.1) is 16.6 Å². The Morgan fingerprint density at radius 3 is 2.43 bits per heavy atom. The predicted octanol–water partition coefficient (Wildman–Crippen LogP) is 5.91. The van der Waals surface area contributed by atoms with Crippen LogP contribution in [0.25, 0.3) is 11.0 Å². The first-order valence-electron chi connectivity index (χ1n) is 10.6. The predicted molar refractivity (Wildman–Crippen MR) is 123 cm³/mol. The molecule has 0 saturated heterocycles. The molecule has 180 valence electrons. The molecule has 0 fully saturated rings. The van der Waals surface area contributed by atoms with E-state index in [1.165, 1.54) is 18.2 Å². The number of carbonyl (C=O) groups excluding carboxylic acids is 1. The summed E-state index contributed by atoms with van der Waals surface area (Å²) in [5, 5.41) is 0. The van der Waals surface area contributed by atoms with Gasteiger partial charge < -0.3 is 18.8 Å². The largest absolute Gasteiger partial charge is 0.573 e. The normalized spacial score (nSPS) is 11.3. The van der Waals surface area contributed by atoms with Crippen LogP contribution in [-0.4, -0.2) is 28.5 Å². The number of halogens is 3. The second-order valence-corrected chi connectivity index (χ2v) is 7.50. The van der Waals surface area contributed by atoms with Crippen LogP contribution in [0.1, 0.15) is 21.7 Å². The van der Waals surface area contributed by atoms with Gasteiger partial charge in [0.2, 0.25) is 0 Å². The number of para-hydroxylation sites is 1. The molecule has 0 atom stereocenters. The Bertz CT molecular complexity index is 1320. The summed E-state index contributed by atoms with van der Waals surface area (Å²) in [7, 11) is 0. The van der Waals surface area contributed by atoms with E-state index in [-0.39, 0.29) is 19.0 Å². The van der Waals surface area contributed by atoms with Crippen molar-refractivity contribution in [2.24, 2.45) is 0 Å². The lowest BCUT2D eigenvalue weighted by Crippen LogP contribution is -2.17. The number of fused-ring (bicyclic) bond motifs is 1. The molecule has 6 nitrogen and oxygen atoms in total. The molecule has 0 N–H and O–H groups in total. The van der Waals surface area contributed by atoms with Crippen LogP contribution in [0.15, 0.2) is 85.5 Å². The Morgan fingerprint density at radius 1 is 1.00 bits per heavy atom. The van der Waals surface area contributed by atoms with Gasteiger partial charge in [0, 0.05) is 6.54 Å². The molecule has 9 heteroatoms. The summed E-state index contributed by atoms with van der Waals surface area (Å²) in [4.78, 5) is 16.9. The minimum Gasteiger partial charge on any atom is -0.486 e. The van der Waals surface area contributed by atoms with E-state index in [0.717, 1.165) is 11.1 Å². The maximum absolute atomic E-state index is 12.5. The van der Waals surface area contributed by atoms with E-state index in [9.17, 15) is 18.0 Å². The van der Waals surface area contributed by atoms with Crippen LogP contribution in [0.4, 0.5) is 13.2 Å². The van der Waals surface area contributed by atoms with Crippen molar-refractivity contribution in [3.05, 3.63) is 102 Å². The van der Waals surface area contributed by atoms with Crippen LogP contribution in [0.5, 0.6) is 11.5 Å². The van der Waals surface area contributed by atoms with Crippen LogP contribution >= 0.6 is 0 Å². The minimum absolute atomic E-state index is 0.0928. The average molecular weight is 482 g/mol. The highest BCUT2D eigenvalue weighted by Gasteiger charge is 2.31. The Morgan fingerprint density at radius 2 is 1.74 bits per heavy atom. The first-order valence-corrected chi connectivity index (χ1v) is 10.6. The van der Waals surface area contributed by atoms with Gasteiger partial charge in [-0.25, -0.2) is 9.78 Å². The number of carbonyl (C=O) groups is 1. The Kier molecular flexibility index (Phi) is 7.05. The molecule has 0 radical (unpaired) electrons. The van der Waals surface area contributed by atoms with Gasteiger partial charge in [-0.1, -0.05) is 43.0 Å². The van der Waals surface area contributed by atoms with Gasteiger partial charge in [0.25, 0.3) is 0 Å². The van der Waals surface area contributed by atoms with Gasteiger partial charge in [-0.3, -0.25) is 0 Å². The van der Waals surface area contributed by atoms with Crippen molar-refractivity contribution < 1.29 is 32.2 Å². The van der Waals surface area contributed by atoms with Crippen molar-refractivity contribution in [2.45, 2.75) is 19.5 Å². The number of hydrogen-bond donors (Lipinski definition) is 0. The summed E-state index contributed by atoms with van der Waals surface area (Å²) >= 11 is 0. The SMILES string of the molecule is C=CCOC(=O)c1ccc2c(c1)nc(COc1ccccc1)n2Cc1ccc(OC(F)(F)F)cc1. The summed E-state index contributed by atoms with van der Waals surface area (Å²) in [5.74, 6) is 0.445. The van der Waals surface area contributed by atoms with Crippen LogP contribution < -0.4 is 9.47 Å². The molecule has 0 spiro atoms. The maximum Gasteiger partial charge on any atom is 0.573 e. The second-order valence-electron chi connectivity index (χ2n) is 7.50. The highest BCUT2D eigenvalue weighted by Crippen LogP contribution is 2.25. The van der Waals surface area contributed by atoms with E-state index < -0.39 is 12.3 Å². The van der Waals surface area contributed by atoms with Crippen LogP contribution in [0, 0.1) is 0 Å². The lowest BCUT2D eigenvalue weighted by atomic mass is 10.2. The van der Waals surface area contributed by atoms with Crippen molar-refractivity contribution in [1.29, 1.82) is 0 Å². The molecule has 35 heavy (non-hydrogen) atoms. The van der Waals surface area contributed by atoms with Gasteiger partial charge >= 0.3 is 12.3 Å². The smallest absolute Gasteiger partial charge is 0.486 e. The molecule has 1 aromatic heterocycles. The van der Waals surface area contributed by atoms with E-state index >= 15 is 0 Å². The van der Waals surface area contributed by atoms with Crippen molar-refractivity contribution >= 4 is 17.0 Å². The van der Waals surface area contributed by atoms with Crippen LogP contribution in [0.3, 0.4) is 0 Å². The summed E-state index contributed by atoms with van der Waals surface area (Å²) in [6, 6.07) is 19.9. The molecule has 0 bridgehead atoms. The zero-order chi connectivity index (χ0) is 24.8. The lowest BCUT2D eigenvalue weighted by Gasteiger charge is -2.12. The molecule has 0 unspecified atom stereocenters. The summed E-state index contributed by atoms with van der Waals surface area (Å²) < 4.78 is 54.2. The van der Waals surface area contributed by atoms with Crippen molar-refractivity contribution in [1.82, 2.24) is 9.55 Å². The monoisotopic (exact) mass is 482 g/mol. The van der Waals surface area contributed by atoms with E-state index in [1.54, 1.807) is 30.3 Å². The molecular weight excluding hydrogens is 461 g/mol. The number of hydrogen-bond acceptors (Lipinski definition) is 5. The zero-order valence-corrected chi connectivity index (χ0v) is 18.5. The van der Waals surface area contributed by atoms with E-state index in [2.05, 4.69) is 16.3 Å². The fraction of sp³-hybridized carbons (Fsp3) is 0.154. The van der Waals surface area contributed by atoms with Crippen molar-refractivity contribution in [3.8, 4) is 11.5 Å². The topological polar surface area (TPSA) is 62.6 Å². The van der Waals surface area contributed by atoms with Gasteiger partial charge in [-0.2, -0.15) is 0 Å². The number of esters is 1. The summed E-state index contributed by atoms with van der Waals surface area (Å²) in [5.41, 5.74) is 2.36. The van der Waals surface area contributed by atoms with Gasteiger partial charge in [-0.15, -0.1) is 13.2 Å². The van der Waals surface area contributed by atoms with Gasteiger partial charge in [0.15, 0.2) is 0 Å². The van der Waals surface area contributed by atoms with Gasteiger partial charge in [0.1, 0.15) is 30.5 Å². The standard InChI is InChI=1S/C26H21F3N2O4/c1-2-14-33-25(32)19-10-13-23-22(15-19)30-24(17-34-20-6-4-3-5-7-20)31(23)16-18-8-11-21(12-9-18)35-26(27,28)29/h2-13,15H,1,14,16-17H2. The van der Waals surface area contributed by atoms with E-state index in [4.69, 9.17) is 9.47 Å². The Balaban J connectivity index is 1.64. The highest BCUT2D eigenvalue weighted by atomic mass is 19.4. The molecule has 3 aromatic carbocycles. The molecule has 0 aliphatic carbocycles. The first-order chi connectivity index (χ1) is 16.8. The molecule has 4 rings (SSSR count). The third-order valence-corrected chi connectivity index (χ3v) is 5.00. The summed E-state index contributed by atoms with van der Waals surface area (Å²) in [6.45, 7) is 4.08. The number of alkyl halides is 3. The molecule has 0 aliphatic heterocycles. The fourth-order valence-electron chi connectivity index (χ4n) is 3.45. The molecule has 1 heterocycles. The average Bonchev–Trinajstić information content (AvgIpc) is 3.18. The second kappa shape index (κ2) is 10.3. The third-order valence-electron chi connectivity index (χ3n) is 5.00. The van der Waals surface area contributed by atoms with Crippen LogP contribution in [-0.2, 0) is 17.9 Å². The van der Waals surface area contributed by atoms with E-state index in [0.29, 0.717) is 29.2 Å². The van der Waals surface area contributed by atoms with Crippen molar-refractivity contribution in [3.63, 3.8) is 0 Å². The highest BCUT2D eigenvalue weighted by molar-refractivity contribution is 5.93. The van der Waals surface area contributed by atoms with E-state index in [1.807, 2.05) is 34.9 Å². The Labute approximate surface area is 199 Å². The summed E-state index contributed by atoms with van der Waals surface area (Å²) in [6.07, 6.45) is -3.27. The molecular formula is C26H21F3N2O4. The minimum atomic E-state index is -4.76. The van der Waals surface area contributed by atoms with Crippen molar-refractivity contribution in [2.75, 3.05) is 6.61 Å². The zero-order valence-electron chi connectivity index (χ0n) is 18.5. The van der Waals surface area contributed by atoms with Gasteiger partial charge in [-0.05, 0) is 48.0 Å². The number of benzene rings is 3. The number of nitrogens with zero attached hydrogens (tertiary/aromatic N) is 2. The maximum atomic E-state index is 12.5. The quantitative estimate of drug-likeness (QED) is 0.219. The number of rotatable bonds is 9.